The van der Waals surface area contributed by atoms with Gasteiger partial charge in [-0.3, -0.25) is 4.79 Å². The lowest BCUT2D eigenvalue weighted by atomic mass is 10.0. The van der Waals surface area contributed by atoms with Gasteiger partial charge in [0.1, 0.15) is 0 Å². The van der Waals surface area contributed by atoms with Crippen molar-refractivity contribution in [3.8, 4) is 0 Å². The number of rotatable bonds is 5. The molecule has 0 aromatic heterocycles. The van der Waals surface area contributed by atoms with Crippen LogP contribution in [-0.4, -0.2) is 43.2 Å². The Labute approximate surface area is 127 Å². The number of carbonyl (C=O) groups excluding carboxylic acids is 1. The van der Waals surface area contributed by atoms with Crippen LogP contribution in [0.25, 0.3) is 0 Å². The van der Waals surface area contributed by atoms with E-state index in [2.05, 4.69) is 5.32 Å². The number of likely N-dealkylation sites (tertiary alicyclic amines) is 1. The molecule has 116 valence electrons. The number of nitrogens with one attached hydrogen (secondary N) is 1. The van der Waals surface area contributed by atoms with E-state index in [0.29, 0.717) is 13.2 Å². The lowest BCUT2D eigenvalue weighted by molar-refractivity contribution is 0.00727. The molecule has 2 rings (SSSR count). The molecule has 1 unspecified atom stereocenters. The van der Waals surface area contributed by atoms with Crippen LogP contribution in [0.3, 0.4) is 0 Å². The zero-order valence-corrected chi connectivity index (χ0v) is 13.3. The second kappa shape index (κ2) is 7.46. The molecule has 4 nitrogen and oxygen atoms in total. The molecule has 1 aliphatic rings. The minimum atomic E-state index is 0.107. The summed E-state index contributed by atoms with van der Waals surface area (Å²) in [6.45, 7) is 9.13. The molecule has 0 saturated carbocycles. The number of hydrogen-bond donors (Lipinski definition) is 1. The zero-order chi connectivity index (χ0) is 15.2. The van der Waals surface area contributed by atoms with Gasteiger partial charge in [-0.15, -0.1) is 0 Å². The number of nitrogens with zero attached hydrogens (tertiary/aromatic N) is 1. The normalized spacial score (nSPS) is 18.6. The molecule has 0 bridgehead atoms. The van der Waals surface area contributed by atoms with Crippen molar-refractivity contribution in [2.24, 2.45) is 0 Å². The highest BCUT2D eigenvalue weighted by Gasteiger charge is 2.26. The number of anilines is 1. The maximum Gasteiger partial charge on any atom is 0.256 e. The maximum atomic E-state index is 12.8. The van der Waals surface area contributed by atoms with Crippen molar-refractivity contribution in [1.29, 1.82) is 0 Å². The lowest BCUT2D eigenvalue weighted by Crippen LogP contribution is -2.43. The molecule has 1 heterocycles. The number of carbonyl (C=O) groups is 1. The number of hydrogen-bond acceptors (Lipinski definition) is 3. The number of aryl methyl sites for hydroxylation is 1. The first-order valence-corrected chi connectivity index (χ1v) is 7.91. The quantitative estimate of drug-likeness (QED) is 0.906. The Balaban J connectivity index is 2.15. The van der Waals surface area contributed by atoms with Crippen LogP contribution in [0, 0.1) is 6.92 Å². The summed E-state index contributed by atoms with van der Waals surface area (Å²) in [5, 5.41) is 3.29. The average molecular weight is 290 g/mol. The van der Waals surface area contributed by atoms with Gasteiger partial charge in [0.25, 0.3) is 5.91 Å². The maximum absolute atomic E-state index is 12.8. The number of benzene rings is 1. The van der Waals surface area contributed by atoms with Crippen molar-refractivity contribution in [3.63, 3.8) is 0 Å². The lowest BCUT2D eigenvalue weighted by Gasteiger charge is -2.33. The van der Waals surface area contributed by atoms with Crippen molar-refractivity contribution < 1.29 is 9.53 Å². The molecular formula is C17H26N2O2. The molecule has 1 fully saturated rings. The minimum Gasteiger partial charge on any atom is -0.385 e. The van der Waals surface area contributed by atoms with Gasteiger partial charge >= 0.3 is 0 Å². The molecule has 1 aromatic carbocycles. The summed E-state index contributed by atoms with van der Waals surface area (Å²) < 4.78 is 5.69. The first-order chi connectivity index (χ1) is 10.2. The van der Waals surface area contributed by atoms with Crippen LogP contribution < -0.4 is 5.32 Å². The molecule has 1 aromatic rings. The van der Waals surface area contributed by atoms with Gasteiger partial charge in [0.05, 0.1) is 11.7 Å². The average Bonchev–Trinajstić information content (AvgIpc) is 2.48. The molecule has 0 aliphatic carbocycles. The van der Waals surface area contributed by atoms with Crippen LogP contribution in [0.4, 0.5) is 5.69 Å². The Morgan fingerprint density at radius 3 is 2.95 bits per heavy atom. The molecular weight excluding hydrogens is 264 g/mol. The Morgan fingerprint density at radius 1 is 1.43 bits per heavy atom. The van der Waals surface area contributed by atoms with Gasteiger partial charge in [0, 0.05) is 31.9 Å². The van der Waals surface area contributed by atoms with Crippen LogP contribution >= 0.6 is 0 Å². The van der Waals surface area contributed by atoms with E-state index in [-0.39, 0.29) is 12.0 Å². The van der Waals surface area contributed by atoms with Crippen LogP contribution in [0.1, 0.15) is 42.6 Å². The summed E-state index contributed by atoms with van der Waals surface area (Å²) in [7, 11) is 0. The van der Waals surface area contributed by atoms with Crippen LogP contribution in [0.2, 0.25) is 0 Å². The highest BCUT2D eigenvalue weighted by molar-refractivity contribution is 5.99. The molecule has 1 atom stereocenters. The number of ether oxygens (including phenoxy) is 1. The third-order valence-corrected chi connectivity index (χ3v) is 3.84. The molecule has 0 spiro atoms. The van der Waals surface area contributed by atoms with Gasteiger partial charge in [-0.05, 0) is 51.3 Å². The number of piperidine rings is 1. The van der Waals surface area contributed by atoms with Gasteiger partial charge in [-0.2, -0.15) is 0 Å². The summed E-state index contributed by atoms with van der Waals surface area (Å²) in [5.74, 6) is 0.107. The summed E-state index contributed by atoms with van der Waals surface area (Å²) in [5.41, 5.74) is 2.86. The molecule has 4 heteroatoms. The van der Waals surface area contributed by atoms with Crippen molar-refractivity contribution in [3.05, 3.63) is 29.3 Å². The van der Waals surface area contributed by atoms with Gasteiger partial charge < -0.3 is 15.0 Å². The fourth-order valence-electron chi connectivity index (χ4n) is 2.85. The van der Waals surface area contributed by atoms with E-state index >= 15 is 0 Å². The molecule has 1 amide bonds. The minimum absolute atomic E-state index is 0.107. The third-order valence-electron chi connectivity index (χ3n) is 3.84. The van der Waals surface area contributed by atoms with Crippen molar-refractivity contribution in [2.75, 3.05) is 31.6 Å². The van der Waals surface area contributed by atoms with E-state index in [0.717, 1.165) is 42.7 Å². The molecule has 1 N–H and O–H groups in total. The smallest absolute Gasteiger partial charge is 0.256 e. The van der Waals surface area contributed by atoms with E-state index in [4.69, 9.17) is 4.74 Å². The highest BCUT2D eigenvalue weighted by Crippen LogP contribution is 2.22. The second-order valence-electron chi connectivity index (χ2n) is 5.55. The summed E-state index contributed by atoms with van der Waals surface area (Å²) in [4.78, 5) is 14.7. The second-order valence-corrected chi connectivity index (χ2v) is 5.55. The van der Waals surface area contributed by atoms with Crippen LogP contribution in [0.5, 0.6) is 0 Å². The highest BCUT2D eigenvalue weighted by atomic mass is 16.5. The summed E-state index contributed by atoms with van der Waals surface area (Å²) in [6.07, 6.45) is 2.24. The monoisotopic (exact) mass is 290 g/mol. The van der Waals surface area contributed by atoms with E-state index < -0.39 is 0 Å². The Hall–Kier alpha value is -1.55. The van der Waals surface area contributed by atoms with Crippen LogP contribution in [0.15, 0.2) is 18.2 Å². The topological polar surface area (TPSA) is 41.6 Å². The fourth-order valence-corrected chi connectivity index (χ4v) is 2.85. The van der Waals surface area contributed by atoms with Gasteiger partial charge in [0.2, 0.25) is 0 Å². The first kappa shape index (κ1) is 15.8. The van der Waals surface area contributed by atoms with E-state index in [1.165, 1.54) is 0 Å². The van der Waals surface area contributed by atoms with Gasteiger partial charge in [-0.1, -0.05) is 6.07 Å². The van der Waals surface area contributed by atoms with E-state index in [9.17, 15) is 4.79 Å². The molecule has 1 aliphatic heterocycles. The third kappa shape index (κ3) is 3.97. The van der Waals surface area contributed by atoms with Crippen molar-refractivity contribution in [1.82, 2.24) is 4.90 Å². The fraction of sp³-hybridized carbons (Fsp3) is 0.588. The Morgan fingerprint density at radius 2 is 2.24 bits per heavy atom. The Kier molecular flexibility index (Phi) is 5.62. The number of amides is 1. The van der Waals surface area contributed by atoms with Crippen molar-refractivity contribution >= 4 is 11.6 Å². The molecule has 0 radical (unpaired) electrons. The van der Waals surface area contributed by atoms with Crippen molar-refractivity contribution in [2.45, 2.75) is 39.7 Å². The predicted molar refractivity (Wildman–Crippen MR) is 85.9 cm³/mol. The van der Waals surface area contributed by atoms with Crippen LogP contribution in [-0.2, 0) is 4.74 Å². The summed E-state index contributed by atoms with van der Waals surface area (Å²) in [6, 6.07) is 5.97. The van der Waals surface area contributed by atoms with E-state index in [1.54, 1.807) is 0 Å². The van der Waals surface area contributed by atoms with Gasteiger partial charge in [0.15, 0.2) is 0 Å². The molecule has 1 saturated heterocycles. The SMILES string of the molecule is CCNc1cc(C)ccc1C(=O)N1CCCC(OCC)C1. The standard InChI is InChI=1S/C17H26N2O2/c1-4-18-16-11-13(3)8-9-15(16)17(20)19-10-6-7-14(12-19)21-5-2/h8-9,11,14,18H,4-7,10,12H2,1-3H3. The largest absolute Gasteiger partial charge is 0.385 e. The van der Waals surface area contributed by atoms with E-state index in [1.807, 2.05) is 43.9 Å². The first-order valence-electron chi connectivity index (χ1n) is 7.91. The predicted octanol–water partition coefficient (Wildman–Crippen LogP) is 3.07. The zero-order valence-electron chi connectivity index (χ0n) is 13.3. The van der Waals surface area contributed by atoms with Gasteiger partial charge in [-0.25, -0.2) is 0 Å². The summed E-state index contributed by atoms with van der Waals surface area (Å²) >= 11 is 0. The molecule has 21 heavy (non-hydrogen) atoms. The Bertz CT molecular complexity index is 486.